The molecular weight excluding hydrogens is 203 g/mol. The molecule has 3 rings (SSSR count). The Hall–Kier alpha value is -0.835. The average molecular weight is 218 g/mol. The normalized spacial score (nSPS) is 21.4. The lowest BCUT2D eigenvalue weighted by Crippen LogP contribution is -2.47. The van der Waals surface area contributed by atoms with Crippen LogP contribution in [0.5, 0.6) is 0 Å². The Bertz CT molecular complexity index is 426. The SMILES string of the molecule is CC(C)c1ccc2c(c1)B(O)OC21COC1. The van der Waals surface area contributed by atoms with Crippen molar-refractivity contribution in [2.75, 3.05) is 13.2 Å². The molecule has 16 heavy (non-hydrogen) atoms. The van der Waals surface area contributed by atoms with Crippen molar-refractivity contribution in [3.63, 3.8) is 0 Å². The molecule has 84 valence electrons. The molecule has 2 aliphatic heterocycles. The minimum Gasteiger partial charge on any atom is -0.423 e. The lowest BCUT2D eigenvalue weighted by molar-refractivity contribution is -0.168. The molecule has 0 radical (unpaired) electrons. The zero-order valence-electron chi connectivity index (χ0n) is 9.56. The first-order valence-electron chi connectivity index (χ1n) is 5.70. The first-order valence-corrected chi connectivity index (χ1v) is 5.70. The van der Waals surface area contributed by atoms with E-state index < -0.39 is 7.12 Å². The Kier molecular flexibility index (Phi) is 2.15. The highest BCUT2D eigenvalue weighted by Gasteiger charge is 2.52. The average Bonchev–Trinajstić information content (AvgIpc) is 2.51. The van der Waals surface area contributed by atoms with Gasteiger partial charge in [-0.15, -0.1) is 0 Å². The predicted molar refractivity (Wildman–Crippen MR) is 61.7 cm³/mol. The van der Waals surface area contributed by atoms with Crippen LogP contribution >= 0.6 is 0 Å². The summed E-state index contributed by atoms with van der Waals surface area (Å²) in [6, 6.07) is 6.24. The van der Waals surface area contributed by atoms with E-state index in [4.69, 9.17) is 9.39 Å². The van der Waals surface area contributed by atoms with Crippen LogP contribution < -0.4 is 5.46 Å². The molecule has 2 aliphatic rings. The van der Waals surface area contributed by atoms with E-state index in [-0.39, 0.29) is 5.60 Å². The third-order valence-electron chi connectivity index (χ3n) is 3.51. The number of fused-ring (bicyclic) bond motifs is 2. The minimum atomic E-state index is -0.794. The van der Waals surface area contributed by atoms with E-state index in [1.807, 2.05) is 0 Å². The molecule has 1 N–H and O–H groups in total. The van der Waals surface area contributed by atoms with E-state index >= 15 is 0 Å². The van der Waals surface area contributed by atoms with Gasteiger partial charge in [-0.2, -0.15) is 0 Å². The maximum Gasteiger partial charge on any atom is 0.492 e. The maximum atomic E-state index is 9.91. The standard InChI is InChI=1S/C12H15BO3/c1-8(2)9-3-4-10-11(5-9)13(14)16-12(10)6-15-7-12/h3-5,8,14H,6-7H2,1-2H3. The fourth-order valence-electron chi connectivity index (χ4n) is 2.41. The Balaban J connectivity index is 2.07. The third-order valence-corrected chi connectivity index (χ3v) is 3.51. The van der Waals surface area contributed by atoms with Crippen LogP contribution in [0.25, 0.3) is 0 Å². The first-order chi connectivity index (χ1) is 7.62. The molecule has 1 aromatic carbocycles. The van der Waals surface area contributed by atoms with E-state index in [1.54, 1.807) is 0 Å². The molecule has 4 heteroatoms. The first kappa shape index (κ1) is 10.3. The zero-order valence-corrected chi connectivity index (χ0v) is 9.56. The molecule has 0 unspecified atom stereocenters. The van der Waals surface area contributed by atoms with Crippen molar-refractivity contribution in [1.82, 2.24) is 0 Å². The summed E-state index contributed by atoms with van der Waals surface area (Å²) in [5, 5.41) is 9.91. The Morgan fingerprint density at radius 3 is 2.69 bits per heavy atom. The van der Waals surface area contributed by atoms with Crippen LogP contribution in [0, 0.1) is 0 Å². The van der Waals surface area contributed by atoms with Crippen molar-refractivity contribution >= 4 is 12.6 Å². The minimum absolute atomic E-state index is 0.371. The van der Waals surface area contributed by atoms with Gasteiger partial charge in [-0.25, -0.2) is 0 Å². The molecule has 1 aromatic rings. The summed E-state index contributed by atoms with van der Waals surface area (Å²) in [7, 11) is -0.794. The summed E-state index contributed by atoms with van der Waals surface area (Å²) in [5.41, 5.74) is 2.87. The molecule has 0 bridgehead atoms. The molecule has 0 atom stereocenters. The van der Waals surface area contributed by atoms with Crippen molar-refractivity contribution in [3.05, 3.63) is 29.3 Å². The fourth-order valence-corrected chi connectivity index (χ4v) is 2.41. The molecule has 1 saturated heterocycles. The van der Waals surface area contributed by atoms with Gasteiger partial charge in [-0.1, -0.05) is 32.0 Å². The largest absolute Gasteiger partial charge is 0.492 e. The monoisotopic (exact) mass is 218 g/mol. The number of hydrogen-bond donors (Lipinski definition) is 1. The quantitative estimate of drug-likeness (QED) is 0.707. The van der Waals surface area contributed by atoms with Crippen LogP contribution in [-0.4, -0.2) is 25.4 Å². The molecular formula is C12H15BO3. The van der Waals surface area contributed by atoms with Crippen molar-refractivity contribution in [1.29, 1.82) is 0 Å². The van der Waals surface area contributed by atoms with Crippen LogP contribution in [0.3, 0.4) is 0 Å². The summed E-state index contributed by atoms with van der Waals surface area (Å²) in [4.78, 5) is 0. The second-order valence-electron chi connectivity index (χ2n) is 4.96. The summed E-state index contributed by atoms with van der Waals surface area (Å²) in [6.07, 6.45) is 0. The molecule has 3 nitrogen and oxygen atoms in total. The van der Waals surface area contributed by atoms with Crippen LogP contribution in [0.2, 0.25) is 0 Å². The van der Waals surface area contributed by atoms with Gasteiger partial charge in [0.2, 0.25) is 0 Å². The van der Waals surface area contributed by atoms with E-state index in [1.165, 1.54) is 5.56 Å². The highest BCUT2D eigenvalue weighted by molar-refractivity contribution is 6.62. The summed E-state index contributed by atoms with van der Waals surface area (Å²) < 4.78 is 10.8. The molecule has 0 amide bonds. The second kappa shape index (κ2) is 3.33. The fraction of sp³-hybridized carbons (Fsp3) is 0.500. The summed E-state index contributed by atoms with van der Waals surface area (Å²) in [6.45, 7) is 5.40. The van der Waals surface area contributed by atoms with Crippen LogP contribution in [-0.2, 0) is 15.0 Å². The van der Waals surface area contributed by atoms with Gasteiger partial charge in [0.1, 0.15) is 5.60 Å². The van der Waals surface area contributed by atoms with E-state index in [9.17, 15) is 5.02 Å². The van der Waals surface area contributed by atoms with Crippen molar-refractivity contribution in [2.24, 2.45) is 0 Å². The molecule has 2 heterocycles. The Morgan fingerprint density at radius 1 is 1.38 bits per heavy atom. The molecule has 0 aliphatic carbocycles. The van der Waals surface area contributed by atoms with E-state index in [2.05, 4.69) is 32.0 Å². The van der Waals surface area contributed by atoms with Gasteiger partial charge in [-0.3, -0.25) is 0 Å². The van der Waals surface area contributed by atoms with Crippen LogP contribution in [0.15, 0.2) is 18.2 Å². The van der Waals surface area contributed by atoms with Gasteiger partial charge in [0.25, 0.3) is 0 Å². The van der Waals surface area contributed by atoms with Crippen LogP contribution in [0.4, 0.5) is 0 Å². The van der Waals surface area contributed by atoms with Gasteiger partial charge < -0.3 is 14.4 Å². The van der Waals surface area contributed by atoms with Gasteiger partial charge in [0.05, 0.1) is 13.2 Å². The van der Waals surface area contributed by atoms with Gasteiger partial charge in [-0.05, 0) is 22.5 Å². The van der Waals surface area contributed by atoms with Gasteiger partial charge in [0.15, 0.2) is 0 Å². The Morgan fingerprint density at radius 2 is 2.12 bits per heavy atom. The number of benzene rings is 1. The van der Waals surface area contributed by atoms with Crippen molar-refractivity contribution in [3.8, 4) is 0 Å². The number of ether oxygens (including phenoxy) is 1. The van der Waals surface area contributed by atoms with Gasteiger partial charge >= 0.3 is 7.12 Å². The van der Waals surface area contributed by atoms with E-state index in [0.717, 1.165) is 11.0 Å². The lowest BCUT2D eigenvalue weighted by Gasteiger charge is -2.38. The topological polar surface area (TPSA) is 38.7 Å². The smallest absolute Gasteiger partial charge is 0.423 e. The third kappa shape index (κ3) is 1.27. The Labute approximate surface area is 95.5 Å². The highest BCUT2D eigenvalue weighted by atomic mass is 16.6. The van der Waals surface area contributed by atoms with E-state index in [0.29, 0.717) is 19.1 Å². The van der Waals surface area contributed by atoms with Gasteiger partial charge in [0, 0.05) is 0 Å². The lowest BCUT2D eigenvalue weighted by atomic mass is 9.76. The maximum absolute atomic E-state index is 9.91. The molecule has 0 saturated carbocycles. The molecule has 1 spiro atoms. The number of hydrogen-bond acceptors (Lipinski definition) is 3. The predicted octanol–water partition coefficient (Wildman–Crippen LogP) is 0.753. The highest BCUT2D eigenvalue weighted by Crippen LogP contribution is 2.37. The molecule has 0 aromatic heterocycles. The second-order valence-corrected chi connectivity index (χ2v) is 4.96. The summed E-state index contributed by atoms with van der Waals surface area (Å²) >= 11 is 0. The summed E-state index contributed by atoms with van der Waals surface area (Å²) in [5.74, 6) is 0.465. The zero-order chi connectivity index (χ0) is 11.3. The van der Waals surface area contributed by atoms with Crippen molar-refractivity contribution < 1.29 is 14.4 Å². The van der Waals surface area contributed by atoms with Crippen molar-refractivity contribution in [2.45, 2.75) is 25.4 Å². The number of rotatable bonds is 1. The van der Waals surface area contributed by atoms with Crippen LogP contribution in [0.1, 0.15) is 30.9 Å². The molecule has 1 fully saturated rings.